The summed E-state index contributed by atoms with van der Waals surface area (Å²) >= 11 is 0. The van der Waals surface area contributed by atoms with Crippen LogP contribution in [0.3, 0.4) is 0 Å². The Labute approximate surface area is 124 Å². The van der Waals surface area contributed by atoms with Gasteiger partial charge in [0.1, 0.15) is 5.75 Å². The molecule has 2 aromatic rings. The van der Waals surface area contributed by atoms with Gasteiger partial charge in [-0.15, -0.1) is 0 Å². The Balaban J connectivity index is 1.62. The van der Waals surface area contributed by atoms with E-state index in [4.69, 9.17) is 4.74 Å². The number of pyridine rings is 1. The van der Waals surface area contributed by atoms with Crippen molar-refractivity contribution in [2.24, 2.45) is 0 Å². The minimum atomic E-state index is -0.0549. The van der Waals surface area contributed by atoms with Crippen molar-refractivity contribution in [1.82, 2.24) is 10.3 Å². The van der Waals surface area contributed by atoms with Gasteiger partial charge in [0.05, 0.1) is 5.56 Å². The third kappa shape index (κ3) is 3.60. The predicted octanol–water partition coefficient (Wildman–Crippen LogP) is 3.55. The third-order valence-electron chi connectivity index (χ3n) is 3.65. The minimum Gasteiger partial charge on any atom is -0.439 e. The molecule has 1 aliphatic rings. The molecule has 0 aliphatic heterocycles. The number of nitrogens with one attached hydrogen (secondary N) is 1. The maximum Gasteiger partial charge on any atom is 0.253 e. The number of hydrogen-bond acceptors (Lipinski definition) is 3. The van der Waals surface area contributed by atoms with Crippen molar-refractivity contribution < 1.29 is 9.53 Å². The zero-order chi connectivity index (χ0) is 14.5. The predicted molar refractivity (Wildman–Crippen MR) is 80.5 cm³/mol. The summed E-state index contributed by atoms with van der Waals surface area (Å²) in [7, 11) is 0. The highest BCUT2D eigenvalue weighted by Crippen LogP contribution is 2.20. The van der Waals surface area contributed by atoms with E-state index in [0.717, 1.165) is 18.6 Å². The van der Waals surface area contributed by atoms with Gasteiger partial charge in [0.15, 0.2) is 0 Å². The number of rotatable bonds is 4. The first-order valence-corrected chi connectivity index (χ1v) is 7.31. The summed E-state index contributed by atoms with van der Waals surface area (Å²) in [5, 5.41) is 3.04. The molecule has 1 aromatic heterocycles. The largest absolute Gasteiger partial charge is 0.439 e. The summed E-state index contributed by atoms with van der Waals surface area (Å²) in [5.41, 5.74) is 0.572. The first-order chi connectivity index (χ1) is 10.3. The third-order valence-corrected chi connectivity index (χ3v) is 3.65. The molecule has 0 saturated heterocycles. The fraction of sp³-hybridized carbons (Fsp3) is 0.294. The van der Waals surface area contributed by atoms with Crippen LogP contribution in [0.4, 0.5) is 0 Å². The Morgan fingerprint density at radius 1 is 1.10 bits per heavy atom. The molecule has 21 heavy (non-hydrogen) atoms. The lowest BCUT2D eigenvalue weighted by atomic mass is 10.2. The van der Waals surface area contributed by atoms with Crippen molar-refractivity contribution in [1.29, 1.82) is 0 Å². The summed E-state index contributed by atoms with van der Waals surface area (Å²) in [6, 6.07) is 13.2. The normalized spacial score (nSPS) is 14.9. The molecule has 0 bridgehead atoms. The first kappa shape index (κ1) is 13.6. The van der Waals surface area contributed by atoms with Crippen molar-refractivity contribution in [3.63, 3.8) is 0 Å². The zero-order valence-corrected chi connectivity index (χ0v) is 11.8. The number of benzene rings is 1. The SMILES string of the molecule is O=C(NC1CCCC1)c1ccc(Oc2ccccc2)nc1. The summed E-state index contributed by atoms with van der Waals surface area (Å²) in [4.78, 5) is 16.3. The van der Waals surface area contributed by atoms with E-state index < -0.39 is 0 Å². The molecule has 4 nitrogen and oxygen atoms in total. The highest BCUT2D eigenvalue weighted by Gasteiger charge is 2.18. The molecule has 0 radical (unpaired) electrons. The van der Waals surface area contributed by atoms with Gasteiger partial charge in [-0.2, -0.15) is 0 Å². The number of nitrogens with zero attached hydrogens (tertiary/aromatic N) is 1. The number of aromatic nitrogens is 1. The van der Waals surface area contributed by atoms with Crippen molar-refractivity contribution in [3.05, 3.63) is 54.2 Å². The highest BCUT2D eigenvalue weighted by molar-refractivity contribution is 5.94. The number of carbonyl (C=O) groups is 1. The lowest BCUT2D eigenvalue weighted by molar-refractivity contribution is 0.0937. The van der Waals surface area contributed by atoms with Gasteiger partial charge in [-0.25, -0.2) is 4.98 Å². The molecule has 1 fully saturated rings. The number of para-hydroxylation sites is 1. The van der Waals surface area contributed by atoms with Gasteiger partial charge in [0.2, 0.25) is 5.88 Å². The van der Waals surface area contributed by atoms with Crippen LogP contribution in [0, 0.1) is 0 Å². The standard InChI is InChI=1S/C17H18N2O2/c20-17(19-14-6-4-5-7-14)13-10-11-16(18-12-13)21-15-8-2-1-3-9-15/h1-3,8-12,14H,4-7H2,(H,19,20). The molecule has 1 saturated carbocycles. The summed E-state index contributed by atoms with van der Waals surface area (Å²) < 4.78 is 5.60. The minimum absolute atomic E-state index is 0.0549. The topological polar surface area (TPSA) is 51.2 Å². The second-order valence-electron chi connectivity index (χ2n) is 5.26. The molecule has 1 aromatic carbocycles. The lowest BCUT2D eigenvalue weighted by Crippen LogP contribution is -2.32. The monoisotopic (exact) mass is 282 g/mol. The van der Waals surface area contributed by atoms with Crippen LogP contribution >= 0.6 is 0 Å². The highest BCUT2D eigenvalue weighted by atomic mass is 16.5. The zero-order valence-electron chi connectivity index (χ0n) is 11.8. The maximum atomic E-state index is 12.1. The molecule has 0 atom stereocenters. The van der Waals surface area contributed by atoms with Crippen LogP contribution in [0.1, 0.15) is 36.0 Å². The van der Waals surface area contributed by atoms with Crippen LogP contribution in [-0.2, 0) is 0 Å². The lowest BCUT2D eigenvalue weighted by Gasteiger charge is -2.11. The fourth-order valence-electron chi connectivity index (χ4n) is 2.52. The summed E-state index contributed by atoms with van der Waals surface area (Å²) in [5.74, 6) is 1.16. The summed E-state index contributed by atoms with van der Waals surface area (Å²) in [6.45, 7) is 0. The molecule has 0 unspecified atom stereocenters. The Kier molecular flexibility index (Phi) is 4.15. The van der Waals surface area contributed by atoms with E-state index in [2.05, 4.69) is 10.3 Å². The van der Waals surface area contributed by atoms with Gasteiger partial charge >= 0.3 is 0 Å². The van der Waals surface area contributed by atoms with Gasteiger partial charge in [0, 0.05) is 18.3 Å². The van der Waals surface area contributed by atoms with E-state index in [0.29, 0.717) is 17.5 Å². The van der Waals surface area contributed by atoms with Gasteiger partial charge < -0.3 is 10.1 Å². The Morgan fingerprint density at radius 3 is 2.52 bits per heavy atom. The van der Waals surface area contributed by atoms with Gasteiger partial charge in [-0.1, -0.05) is 31.0 Å². The molecule has 3 rings (SSSR count). The van der Waals surface area contributed by atoms with E-state index in [9.17, 15) is 4.79 Å². The van der Waals surface area contributed by atoms with E-state index >= 15 is 0 Å². The molecule has 1 heterocycles. The van der Waals surface area contributed by atoms with Crippen LogP contribution in [0.2, 0.25) is 0 Å². The van der Waals surface area contributed by atoms with Crippen LogP contribution < -0.4 is 10.1 Å². The molecule has 1 N–H and O–H groups in total. The van der Waals surface area contributed by atoms with Crippen molar-refractivity contribution in [2.75, 3.05) is 0 Å². The second kappa shape index (κ2) is 6.39. The Morgan fingerprint density at radius 2 is 1.86 bits per heavy atom. The fourth-order valence-corrected chi connectivity index (χ4v) is 2.52. The molecule has 1 amide bonds. The van der Waals surface area contributed by atoms with E-state index in [1.165, 1.54) is 12.8 Å². The molecular weight excluding hydrogens is 264 g/mol. The van der Waals surface area contributed by atoms with Gasteiger partial charge in [-0.05, 0) is 31.0 Å². The quantitative estimate of drug-likeness (QED) is 0.933. The van der Waals surface area contributed by atoms with Crippen molar-refractivity contribution in [3.8, 4) is 11.6 Å². The van der Waals surface area contributed by atoms with Crippen molar-refractivity contribution >= 4 is 5.91 Å². The number of ether oxygens (including phenoxy) is 1. The molecule has 4 heteroatoms. The average Bonchev–Trinajstić information content (AvgIpc) is 3.02. The molecule has 108 valence electrons. The first-order valence-electron chi connectivity index (χ1n) is 7.31. The van der Waals surface area contributed by atoms with Crippen LogP contribution in [0.15, 0.2) is 48.7 Å². The molecule has 1 aliphatic carbocycles. The van der Waals surface area contributed by atoms with E-state index in [-0.39, 0.29) is 5.91 Å². The van der Waals surface area contributed by atoms with Gasteiger partial charge in [-0.3, -0.25) is 4.79 Å². The average molecular weight is 282 g/mol. The number of hydrogen-bond donors (Lipinski definition) is 1. The Bertz CT molecular complexity index is 590. The van der Waals surface area contributed by atoms with E-state index in [1.54, 1.807) is 18.3 Å². The Hall–Kier alpha value is -2.36. The second-order valence-corrected chi connectivity index (χ2v) is 5.26. The van der Waals surface area contributed by atoms with Gasteiger partial charge in [0.25, 0.3) is 5.91 Å². The molecule has 0 spiro atoms. The molecular formula is C17H18N2O2. The maximum absolute atomic E-state index is 12.1. The summed E-state index contributed by atoms with van der Waals surface area (Å²) in [6.07, 6.45) is 6.12. The number of carbonyl (C=O) groups excluding carboxylic acids is 1. The van der Waals surface area contributed by atoms with Crippen molar-refractivity contribution in [2.45, 2.75) is 31.7 Å². The van der Waals surface area contributed by atoms with E-state index in [1.807, 2.05) is 30.3 Å². The van der Waals surface area contributed by atoms with Crippen LogP contribution in [-0.4, -0.2) is 16.9 Å². The van der Waals surface area contributed by atoms with Crippen LogP contribution in [0.25, 0.3) is 0 Å². The number of amides is 1. The van der Waals surface area contributed by atoms with Crippen LogP contribution in [0.5, 0.6) is 11.6 Å². The smallest absolute Gasteiger partial charge is 0.253 e.